The lowest BCUT2D eigenvalue weighted by Crippen LogP contribution is -2.62. The van der Waals surface area contributed by atoms with Crippen LogP contribution in [-0.2, 0) is 0 Å². The molecule has 0 unspecified atom stereocenters. The largest absolute Gasteiger partial charge is 0.346 e. The summed E-state index contributed by atoms with van der Waals surface area (Å²) in [6.45, 7) is 9.50. The molecule has 2 aromatic heterocycles. The first-order valence-electron chi connectivity index (χ1n) is 11.0. The Kier molecular flexibility index (Phi) is 5.74. The van der Waals surface area contributed by atoms with Crippen LogP contribution in [-0.4, -0.2) is 78.6 Å². The Bertz CT molecular complexity index is 976. The van der Waals surface area contributed by atoms with E-state index in [2.05, 4.69) is 49.6 Å². The monoisotopic (exact) mass is 423 g/mol. The molecule has 0 radical (unpaired) electrons. The second kappa shape index (κ2) is 8.64. The first-order valence-corrected chi connectivity index (χ1v) is 11.9. The summed E-state index contributed by atoms with van der Waals surface area (Å²) >= 11 is 1.64. The summed E-state index contributed by atoms with van der Waals surface area (Å²) < 4.78 is 1.08. The normalized spacial score (nSPS) is 28.8. The zero-order valence-corrected chi connectivity index (χ0v) is 18.3. The van der Waals surface area contributed by atoms with Crippen LogP contribution in [0.5, 0.6) is 0 Å². The number of pyridine rings is 1. The van der Waals surface area contributed by atoms with E-state index in [1.165, 1.54) is 12.8 Å². The second-order valence-corrected chi connectivity index (χ2v) is 9.57. The third-order valence-corrected chi connectivity index (χ3v) is 7.84. The van der Waals surface area contributed by atoms with Gasteiger partial charge in [0.05, 0.1) is 11.2 Å². The minimum atomic E-state index is -0.0616. The fourth-order valence-corrected chi connectivity index (χ4v) is 5.88. The van der Waals surface area contributed by atoms with Gasteiger partial charge in [0.25, 0.3) is 5.91 Å². The number of aromatic nitrogens is 1. The Morgan fingerprint density at radius 2 is 2.10 bits per heavy atom. The average Bonchev–Trinajstić information content (AvgIpc) is 3.19. The molecule has 1 amide bonds. The van der Waals surface area contributed by atoms with Crippen molar-refractivity contribution in [3.63, 3.8) is 0 Å². The maximum absolute atomic E-state index is 13.0. The molecule has 2 atom stereocenters. The Hall–Kier alpha value is -1.98. The highest BCUT2D eigenvalue weighted by Crippen LogP contribution is 2.32. The van der Waals surface area contributed by atoms with Crippen molar-refractivity contribution in [3.05, 3.63) is 28.9 Å². The standard InChI is InChI=1S/C23H29N5OS/c1-16-22(17-4-9-28(16)10-5-17)26-23(29)20-13-19-18(15-30-21(19)14-25-20)3-2-8-27-11-6-24-7-12-27/h13-17,22,24H,4-12H2,1H3,(H,26,29)/t16-,22+/m1/s1. The Balaban J connectivity index is 1.31. The van der Waals surface area contributed by atoms with E-state index in [-0.39, 0.29) is 11.9 Å². The molecule has 158 valence electrons. The van der Waals surface area contributed by atoms with Gasteiger partial charge in [-0.05, 0) is 44.8 Å². The van der Waals surface area contributed by atoms with Gasteiger partial charge in [-0.1, -0.05) is 11.8 Å². The van der Waals surface area contributed by atoms with Crippen LogP contribution in [0, 0.1) is 17.8 Å². The second-order valence-electron chi connectivity index (χ2n) is 8.66. The number of carbonyl (C=O) groups is 1. The Morgan fingerprint density at radius 3 is 2.87 bits per heavy atom. The first kappa shape index (κ1) is 20.0. The number of hydrogen-bond donors (Lipinski definition) is 2. The van der Waals surface area contributed by atoms with Crippen LogP contribution in [0.1, 0.15) is 35.8 Å². The number of piperidine rings is 3. The molecule has 4 aliphatic rings. The van der Waals surface area contributed by atoms with Gasteiger partial charge in [-0.3, -0.25) is 14.6 Å². The summed E-state index contributed by atoms with van der Waals surface area (Å²) in [6.07, 6.45) is 4.18. The van der Waals surface area contributed by atoms with Crippen LogP contribution in [0.4, 0.5) is 0 Å². The molecular weight excluding hydrogens is 394 g/mol. The number of thiophene rings is 1. The molecule has 6 rings (SSSR count). The smallest absolute Gasteiger partial charge is 0.270 e. The molecule has 4 aliphatic heterocycles. The van der Waals surface area contributed by atoms with Crippen molar-refractivity contribution >= 4 is 27.3 Å². The minimum absolute atomic E-state index is 0.0616. The van der Waals surface area contributed by atoms with Crippen molar-refractivity contribution in [1.29, 1.82) is 0 Å². The lowest BCUT2D eigenvalue weighted by Gasteiger charge is -2.49. The van der Waals surface area contributed by atoms with Crippen molar-refractivity contribution in [2.75, 3.05) is 45.8 Å². The van der Waals surface area contributed by atoms with Crippen molar-refractivity contribution < 1.29 is 4.79 Å². The summed E-state index contributed by atoms with van der Waals surface area (Å²) in [5.74, 6) is 7.17. The summed E-state index contributed by atoms with van der Waals surface area (Å²) in [7, 11) is 0. The highest BCUT2D eigenvalue weighted by molar-refractivity contribution is 7.17. The van der Waals surface area contributed by atoms with Gasteiger partial charge in [0.2, 0.25) is 0 Å². The SMILES string of the molecule is C[C@@H]1[C@H](NC(=O)c2cc3c(C#CCN4CCNCC4)csc3cn2)C2CCN1CC2. The minimum Gasteiger partial charge on any atom is -0.346 e. The predicted molar refractivity (Wildman–Crippen MR) is 121 cm³/mol. The molecule has 0 aromatic carbocycles. The van der Waals surface area contributed by atoms with Crippen molar-refractivity contribution in [2.45, 2.75) is 31.8 Å². The fourth-order valence-electron chi connectivity index (χ4n) is 5.04. The van der Waals surface area contributed by atoms with E-state index in [1.54, 1.807) is 11.3 Å². The highest BCUT2D eigenvalue weighted by Gasteiger charge is 2.40. The zero-order chi connectivity index (χ0) is 20.5. The van der Waals surface area contributed by atoms with Gasteiger partial charge in [-0.15, -0.1) is 11.3 Å². The molecule has 6 nitrogen and oxygen atoms in total. The first-order chi connectivity index (χ1) is 14.7. The number of amides is 1. The van der Waals surface area contributed by atoms with Crippen molar-refractivity contribution in [3.8, 4) is 11.8 Å². The summed E-state index contributed by atoms with van der Waals surface area (Å²) in [6, 6.07) is 2.54. The number of piperazine rings is 1. The van der Waals surface area contributed by atoms with E-state index >= 15 is 0 Å². The molecular formula is C23H29N5OS. The van der Waals surface area contributed by atoms with Crippen LogP contribution < -0.4 is 10.6 Å². The molecule has 4 saturated heterocycles. The number of nitrogens with zero attached hydrogens (tertiary/aromatic N) is 3. The van der Waals surface area contributed by atoms with Gasteiger partial charge in [-0.2, -0.15) is 0 Å². The topological polar surface area (TPSA) is 60.5 Å². The van der Waals surface area contributed by atoms with Gasteiger partial charge >= 0.3 is 0 Å². The lowest BCUT2D eigenvalue weighted by molar-refractivity contribution is 0.0216. The number of fused-ring (bicyclic) bond motifs is 4. The number of rotatable bonds is 3. The summed E-state index contributed by atoms with van der Waals surface area (Å²) in [5, 5.41) is 9.77. The summed E-state index contributed by atoms with van der Waals surface area (Å²) in [5.41, 5.74) is 1.49. The molecule has 0 saturated carbocycles. The molecule has 6 heterocycles. The maximum atomic E-state index is 13.0. The number of carbonyl (C=O) groups excluding carboxylic acids is 1. The molecule has 30 heavy (non-hydrogen) atoms. The molecule has 7 heteroatoms. The Morgan fingerprint density at radius 1 is 1.30 bits per heavy atom. The average molecular weight is 424 g/mol. The van der Waals surface area contributed by atoms with Gasteiger partial charge in [0.15, 0.2) is 0 Å². The van der Waals surface area contributed by atoms with Crippen LogP contribution in [0.25, 0.3) is 10.1 Å². The third kappa shape index (κ3) is 3.97. The van der Waals surface area contributed by atoms with E-state index in [0.29, 0.717) is 17.7 Å². The molecule has 0 aliphatic carbocycles. The van der Waals surface area contributed by atoms with Crippen molar-refractivity contribution in [1.82, 2.24) is 25.4 Å². The number of nitrogens with one attached hydrogen (secondary N) is 2. The molecule has 4 fully saturated rings. The zero-order valence-electron chi connectivity index (χ0n) is 17.5. The van der Waals surface area contributed by atoms with E-state index in [0.717, 1.165) is 61.5 Å². The molecule has 2 N–H and O–H groups in total. The number of hydrogen-bond acceptors (Lipinski definition) is 6. The van der Waals surface area contributed by atoms with E-state index in [4.69, 9.17) is 0 Å². The quantitative estimate of drug-likeness (QED) is 0.737. The predicted octanol–water partition coefficient (Wildman–Crippen LogP) is 1.77. The van der Waals surface area contributed by atoms with Gasteiger partial charge in [0.1, 0.15) is 5.69 Å². The molecule has 2 bridgehead atoms. The molecule has 0 spiro atoms. The fraction of sp³-hybridized carbons (Fsp3) is 0.565. The Labute approximate surface area is 182 Å². The lowest BCUT2D eigenvalue weighted by atomic mass is 9.79. The van der Waals surface area contributed by atoms with Crippen molar-refractivity contribution in [2.24, 2.45) is 5.92 Å². The van der Waals surface area contributed by atoms with E-state index in [9.17, 15) is 4.79 Å². The van der Waals surface area contributed by atoms with Crippen LogP contribution in [0.3, 0.4) is 0 Å². The highest BCUT2D eigenvalue weighted by atomic mass is 32.1. The van der Waals surface area contributed by atoms with Crippen LogP contribution >= 0.6 is 11.3 Å². The van der Waals surface area contributed by atoms with Gasteiger partial charge in [0, 0.05) is 60.8 Å². The van der Waals surface area contributed by atoms with Crippen LogP contribution in [0.15, 0.2) is 17.6 Å². The third-order valence-electron chi connectivity index (χ3n) is 6.90. The van der Waals surface area contributed by atoms with E-state index < -0.39 is 0 Å². The van der Waals surface area contributed by atoms with Crippen LogP contribution in [0.2, 0.25) is 0 Å². The van der Waals surface area contributed by atoms with E-state index in [1.807, 2.05) is 12.3 Å². The molecule has 2 aromatic rings. The van der Waals surface area contributed by atoms with Gasteiger partial charge in [-0.25, -0.2) is 4.98 Å². The maximum Gasteiger partial charge on any atom is 0.270 e. The van der Waals surface area contributed by atoms with Gasteiger partial charge < -0.3 is 10.6 Å². The summed E-state index contributed by atoms with van der Waals surface area (Å²) in [4.78, 5) is 22.3.